The fourth-order valence-electron chi connectivity index (χ4n) is 1.36. The SMILES string of the molecule is N[C@@]1(C(=O)O)C[C@@H]1c1cccs1. The zero-order chi connectivity index (χ0) is 8.77. The summed E-state index contributed by atoms with van der Waals surface area (Å²) in [7, 11) is 0. The zero-order valence-corrected chi connectivity index (χ0v) is 7.17. The number of carbonyl (C=O) groups is 1. The Labute approximate surface area is 73.8 Å². The van der Waals surface area contributed by atoms with Gasteiger partial charge in [-0.2, -0.15) is 0 Å². The second-order valence-corrected chi connectivity index (χ2v) is 4.10. The van der Waals surface area contributed by atoms with Gasteiger partial charge in [0.2, 0.25) is 0 Å². The van der Waals surface area contributed by atoms with Gasteiger partial charge in [-0.3, -0.25) is 4.79 Å². The molecule has 1 aromatic heterocycles. The van der Waals surface area contributed by atoms with E-state index in [0.29, 0.717) is 6.42 Å². The summed E-state index contributed by atoms with van der Waals surface area (Å²) in [5.74, 6) is -0.851. The summed E-state index contributed by atoms with van der Waals surface area (Å²) in [5.41, 5.74) is 4.65. The van der Waals surface area contributed by atoms with Crippen LogP contribution in [0.25, 0.3) is 0 Å². The Bertz CT molecular complexity index is 309. The van der Waals surface area contributed by atoms with Crippen LogP contribution in [0.1, 0.15) is 17.2 Å². The van der Waals surface area contributed by atoms with Gasteiger partial charge in [0.1, 0.15) is 5.54 Å². The Kier molecular flexibility index (Phi) is 1.49. The third-order valence-corrected chi connectivity index (χ3v) is 3.27. The van der Waals surface area contributed by atoms with E-state index >= 15 is 0 Å². The van der Waals surface area contributed by atoms with Crippen LogP contribution in [0.15, 0.2) is 17.5 Å². The molecule has 0 radical (unpaired) electrons. The molecule has 1 aliphatic carbocycles. The summed E-state index contributed by atoms with van der Waals surface area (Å²) in [6.45, 7) is 0. The standard InChI is InChI=1S/C8H9NO2S/c9-8(7(10)11)4-5(8)6-2-1-3-12-6/h1-3,5H,4,9H2,(H,10,11)/t5-,8+/m1/s1. The van der Waals surface area contributed by atoms with E-state index in [2.05, 4.69) is 0 Å². The number of carboxylic acid groups (broad SMARTS) is 1. The number of rotatable bonds is 2. The van der Waals surface area contributed by atoms with E-state index in [1.54, 1.807) is 11.3 Å². The summed E-state index contributed by atoms with van der Waals surface area (Å²) < 4.78 is 0. The van der Waals surface area contributed by atoms with Crippen LogP contribution < -0.4 is 5.73 Å². The molecule has 1 heterocycles. The van der Waals surface area contributed by atoms with Crippen LogP contribution in [0.5, 0.6) is 0 Å². The summed E-state index contributed by atoms with van der Waals surface area (Å²) in [5, 5.41) is 10.7. The van der Waals surface area contributed by atoms with Crippen LogP contribution in [-0.2, 0) is 4.79 Å². The first-order chi connectivity index (χ1) is 5.64. The molecular weight excluding hydrogens is 174 g/mol. The Morgan fingerprint density at radius 1 is 1.83 bits per heavy atom. The molecule has 0 amide bonds. The lowest BCUT2D eigenvalue weighted by atomic mass is 10.2. The van der Waals surface area contributed by atoms with Crippen molar-refractivity contribution in [2.45, 2.75) is 17.9 Å². The summed E-state index contributed by atoms with van der Waals surface area (Å²) in [6.07, 6.45) is 0.572. The van der Waals surface area contributed by atoms with E-state index in [-0.39, 0.29) is 5.92 Å². The quantitative estimate of drug-likeness (QED) is 0.719. The van der Waals surface area contributed by atoms with E-state index in [1.165, 1.54) is 0 Å². The molecule has 1 fully saturated rings. The largest absolute Gasteiger partial charge is 0.480 e. The van der Waals surface area contributed by atoms with Crippen LogP contribution in [0.2, 0.25) is 0 Å². The van der Waals surface area contributed by atoms with E-state index in [0.717, 1.165) is 4.88 Å². The minimum absolute atomic E-state index is 0.0370. The molecule has 0 bridgehead atoms. The fourth-order valence-corrected chi connectivity index (χ4v) is 2.29. The van der Waals surface area contributed by atoms with Gasteiger partial charge in [0.05, 0.1) is 0 Å². The molecule has 64 valence electrons. The number of hydrogen-bond donors (Lipinski definition) is 2. The van der Waals surface area contributed by atoms with Crippen molar-refractivity contribution < 1.29 is 9.90 Å². The van der Waals surface area contributed by atoms with Crippen molar-refractivity contribution in [3.05, 3.63) is 22.4 Å². The Morgan fingerprint density at radius 2 is 2.58 bits per heavy atom. The van der Waals surface area contributed by atoms with Crippen molar-refractivity contribution >= 4 is 17.3 Å². The van der Waals surface area contributed by atoms with Gasteiger partial charge in [0.25, 0.3) is 0 Å². The number of hydrogen-bond acceptors (Lipinski definition) is 3. The first-order valence-electron chi connectivity index (χ1n) is 3.70. The minimum Gasteiger partial charge on any atom is -0.480 e. The minimum atomic E-state index is -0.981. The maximum atomic E-state index is 10.7. The third-order valence-electron chi connectivity index (χ3n) is 2.29. The predicted molar refractivity (Wildman–Crippen MR) is 46.2 cm³/mol. The monoisotopic (exact) mass is 183 g/mol. The molecule has 0 aromatic carbocycles. The lowest BCUT2D eigenvalue weighted by Crippen LogP contribution is -2.34. The number of aliphatic carboxylic acids is 1. The molecule has 1 saturated carbocycles. The summed E-state index contributed by atoms with van der Waals surface area (Å²) in [6, 6.07) is 3.85. The van der Waals surface area contributed by atoms with Gasteiger partial charge in [0.15, 0.2) is 0 Å². The molecule has 3 nitrogen and oxygen atoms in total. The van der Waals surface area contributed by atoms with Gasteiger partial charge in [-0.25, -0.2) is 0 Å². The number of nitrogens with two attached hydrogens (primary N) is 1. The third kappa shape index (κ3) is 0.956. The molecule has 0 unspecified atom stereocenters. The average molecular weight is 183 g/mol. The molecule has 2 rings (SSSR count). The van der Waals surface area contributed by atoms with Crippen molar-refractivity contribution in [3.8, 4) is 0 Å². The zero-order valence-electron chi connectivity index (χ0n) is 6.36. The molecule has 4 heteroatoms. The highest BCUT2D eigenvalue weighted by molar-refractivity contribution is 7.10. The van der Waals surface area contributed by atoms with Crippen LogP contribution in [0.3, 0.4) is 0 Å². The normalized spacial score (nSPS) is 33.2. The first kappa shape index (κ1) is 7.76. The molecule has 1 aliphatic rings. The van der Waals surface area contributed by atoms with Crippen molar-refractivity contribution in [1.82, 2.24) is 0 Å². The maximum Gasteiger partial charge on any atom is 0.324 e. The highest BCUT2D eigenvalue weighted by atomic mass is 32.1. The molecule has 12 heavy (non-hydrogen) atoms. The van der Waals surface area contributed by atoms with Crippen molar-refractivity contribution in [3.63, 3.8) is 0 Å². The van der Waals surface area contributed by atoms with E-state index in [9.17, 15) is 4.79 Å². The van der Waals surface area contributed by atoms with Crippen LogP contribution in [-0.4, -0.2) is 16.6 Å². The number of carboxylic acids is 1. The molecule has 0 spiro atoms. The summed E-state index contributed by atoms with van der Waals surface area (Å²) >= 11 is 1.57. The highest BCUT2D eigenvalue weighted by Gasteiger charge is 2.58. The van der Waals surface area contributed by atoms with Gasteiger partial charge in [-0.15, -0.1) is 11.3 Å². The lowest BCUT2D eigenvalue weighted by Gasteiger charge is -2.02. The molecule has 2 atom stereocenters. The lowest BCUT2D eigenvalue weighted by molar-refractivity contribution is -0.139. The number of thiophene rings is 1. The van der Waals surface area contributed by atoms with E-state index < -0.39 is 11.5 Å². The average Bonchev–Trinajstić information content (AvgIpc) is 2.49. The molecule has 3 N–H and O–H groups in total. The van der Waals surface area contributed by atoms with E-state index in [4.69, 9.17) is 10.8 Å². The van der Waals surface area contributed by atoms with Crippen LogP contribution in [0, 0.1) is 0 Å². The van der Waals surface area contributed by atoms with E-state index in [1.807, 2.05) is 17.5 Å². The van der Waals surface area contributed by atoms with Gasteiger partial charge in [-0.1, -0.05) is 6.07 Å². The van der Waals surface area contributed by atoms with Crippen LogP contribution in [0.4, 0.5) is 0 Å². The van der Waals surface area contributed by atoms with Crippen LogP contribution >= 0.6 is 11.3 Å². The Morgan fingerprint density at radius 3 is 3.00 bits per heavy atom. The molecular formula is C8H9NO2S. The van der Waals surface area contributed by atoms with Crippen molar-refractivity contribution in [1.29, 1.82) is 0 Å². The topological polar surface area (TPSA) is 63.3 Å². The smallest absolute Gasteiger partial charge is 0.324 e. The predicted octanol–water partition coefficient (Wildman–Crippen LogP) is 1.02. The molecule has 0 saturated heterocycles. The van der Waals surface area contributed by atoms with Gasteiger partial charge < -0.3 is 10.8 Å². The second-order valence-electron chi connectivity index (χ2n) is 3.12. The Balaban J connectivity index is 2.19. The van der Waals surface area contributed by atoms with Gasteiger partial charge in [0, 0.05) is 10.8 Å². The fraction of sp³-hybridized carbons (Fsp3) is 0.375. The van der Waals surface area contributed by atoms with Crippen molar-refractivity contribution in [2.24, 2.45) is 5.73 Å². The van der Waals surface area contributed by atoms with Gasteiger partial charge >= 0.3 is 5.97 Å². The first-order valence-corrected chi connectivity index (χ1v) is 4.58. The summed E-state index contributed by atoms with van der Waals surface area (Å²) in [4.78, 5) is 11.8. The van der Waals surface area contributed by atoms with Crippen molar-refractivity contribution in [2.75, 3.05) is 0 Å². The maximum absolute atomic E-state index is 10.7. The Hall–Kier alpha value is -0.870. The highest BCUT2D eigenvalue weighted by Crippen LogP contribution is 2.50. The molecule has 0 aliphatic heterocycles. The molecule has 1 aromatic rings. The van der Waals surface area contributed by atoms with Gasteiger partial charge in [-0.05, 0) is 17.9 Å². The second kappa shape index (κ2) is 2.31.